The van der Waals surface area contributed by atoms with Crippen LogP contribution >= 0.6 is 11.8 Å². The van der Waals surface area contributed by atoms with Crippen molar-refractivity contribution in [3.8, 4) is 17.2 Å². The Labute approximate surface area is 162 Å². The third kappa shape index (κ3) is 3.93. The van der Waals surface area contributed by atoms with E-state index in [4.69, 9.17) is 9.47 Å². The van der Waals surface area contributed by atoms with Crippen molar-refractivity contribution in [3.05, 3.63) is 59.4 Å². The average Bonchev–Trinajstić information content (AvgIpc) is 3.28. The second-order valence-electron chi connectivity index (χ2n) is 6.47. The molecule has 140 valence electrons. The SMILES string of the molecule is CCOc1cc2c(cc1CSCc1nnnn1-c1ccccc1)O[C@@H](C)C2. The molecule has 1 atom stereocenters. The molecule has 0 aliphatic carbocycles. The lowest BCUT2D eigenvalue weighted by Crippen LogP contribution is -2.05. The highest BCUT2D eigenvalue weighted by atomic mass is 32.2. The van der Waals surface area contributed by atoms with Gasteiger partial charge in [0.05, 0.1) is 18.0 Å². The van der Waals surface area contributed by atoms with Gasteiger partial charge in [-0.25, -0.2) is 0 Å². The molecule has 0 N–H and O–H groups in total. The number of thioether (sulfide) groups is 1. The van der Waals surface area contributed by atoms with E-state index in [1.807, 2.05) is 37.3 Å². The van der Waals surface area contributed by atoms with E-state index in [9.17, 15) is 0 Å². The fraction of sp³-hybridized carbons (Fsp3) is 0.350. The van der Waals surface area contributed by atoms with E-state index in [0.29, 0.717) is 12.4 Å². The number of nitrogens with zero attached hydrogens (tertiary/aromatic N) is 4. The van der Waals surface area contributed by atoms with Gasteiger partial charge in [0.25, 0.3) is 0 Å². The van der Waals surface area contributed by atoms with Crippen molar-refractivity contribution >= 4 is 11.8 Å². The van der Waals surface area contributed by atoms with E-state index in [0.717, 1.165) is 40.7 Å². The minimum atomic E-state index is 0.230. The van der Waals surface area contributed by atoms with Gasteiger partial charge in [-0.3, -0.25) is 0 Å². The number of para-hydroxylation sites is 1. The summed E-state index contributed by atoms with van der Waals surface area (Å²) >= 11 is 1.76. The van der Waals surface area contributed by atoms with Gasteiger partial charge in [-0.05, 0) is 48.5 Å². The third-order valence-electron chi connectivity index (χ3n) is 4.40. The second kappa shape index (κ2) is 8.00. The first kappa shape index (κ1) is 17.9. The summed E-state index contributed by atoms with van der Waals surface area (Å²) in [7, 11) is 0. The maximum absolute atomic E-state index is 5.91. The number of hydrogen-bond acceptors (Lipinski definition) is 6. The molecule has 0 saturated heterocycles. The molecule has 1 aliphatic rings. The van der Waals surface area contributed by atoms with Crippen LogP contribution in [0.15, 0.2) is 42.5 Å². The monoisotopic (exact) mass is 382 g/mol. The van der Waals surface area contributed by atoms with Crippen LogP contribution < -0.4 is 9.47 Å². The van der Waals surface area contributed by atoms with Gasteiger partial charge in [0.2, 0.25) is 0 Å². The van der Waals surface area contributed by atoms with Crippen LogP contribution in [0, 0.1) is 0 Å². The second-order valence-corrected chi connectivity index (χ2v) is 7.45. The Morgan fingerprint density at radius 2 is 2.07 bits per heavy atom. The molecule has 1 aromatic heterocycles. The molecule has 7 heteroatoms. The predicted molar refractivity (Wildman–Crippen MR) is 106 cm³/mol. The van der Waals surface area contributed by atoms with Gasteiger partial charge in [0.1, 0.15) is 17.6 Å². The smallest absolute Gasteiger partial charge is 0.166 e. The van der Waals surface area contributed by atoms with Gasteiger partial charge in [-0.15, -0.1) is 16.9 Å². The van der Waals surface area contributed by atoms with Crippen molar-refractivity contribution in [3.63, 3.8) is 0 Å². The highest BCUT2D eigenvalue weighted by Crippen LogP contribution is 2.37. The summed E-state index contributed by atoms with van der Waals surface area (Å²) in [6, 6.07) is 14.2. The number of aromatic nitrogens is 4. The molecule has 0 spiro atoms. The lowest BCUT2D eigenvalue weighted by molar-refractivity contribution is 0.254. The molecule has 0 amide bonds. The van der Waals surface area contributed by atoms with E-state index in [1.54, 1.807) is 16.4 Å². The lowest BCUT2D eigenvalue weighted by atomic mass is 10.1. The van der Waals surface area contributed by atoms with E-state index >= 15 is 0 Å². The van der Waals surface area contributed by atoms with Crippen LogP contribution in [0.25, 0.3) is 5.69 Å². The van der Waals surface area contributed by atoms with Crippen molar-refractivity contribution in [1.82, 2.24) is 20.2 Å². The molecule has 4 rings (SSSR count). The van der Waals surface area contributed by atoms with E-state index < -0.39 is 0 Å². The van der Waals surface area contributed by atoms with Crippen LogP contribution in [0.3, 0.4) is 0 Å². The molecule has 6 nitrogen and oxygen atoms in total. The van der Waals surface area contributed by atoms with Crippen LogP contribution in [-0.2, 0) is 17.9 Å². The summed E-state index contributed by atoms with van der Waals surface area (Å²) in [5.74, 6) is 4.28. The van der Waals surface area contributed by atoms with Gasteiger partial charge < -0.3 is 9.47 Å². The minimum Gasteiger partial charge on any atom is -0.494 e. The Hall–Kier alpha value is -2.54. The summed E-state index contributed by atoms with van der Waals surface area (Å²) in [6.45, 7) is 4.76. The first-order valence-electron chi connectivity index (χ1n) is 9.10. The molecule has 0 bridgehead atoms. The molecular formula is C20H22N4O2S. The number of rotatable bonds is 7. The third-order valence-corrected chi connectivity index (χ3v) is 5.38. The van der Waals surface area contributed by atoms with Gasteiger partial charge >= 0.3 is 0 Å². The maximum Gasteiger partial charge on any atom is 0.166 e. The topological polar surface area (TPSA) is 62.1 Å². The van der Waals surface area contributed by atoms with Gasteiger partial charge in [-0.2, -0.15) is 4.68 Å². The summed E-state index contributed by atoms with van der Waals surface area (Å²) in [6.07, 6.45) is 1.17. The highest BCUT2D eigenvalue weighted by molar-refractivity contribution is 7.97. The van der Waals surface area contributed by atoms with Gasteiger partial charge in [-0.1, -0.05) is 18.2 Å². The van der Waals surface area contributed by atoms with Crippen LogP contribution in [0.2, 0.25) is 0 Å². The van der Waals surface area contributed by atoms with Crippen molar-refractivity contribution in [2.45, 2.75) is 37.9 Å². The number of fused-ring (bicyclic) bond motifs is 1. The summed E-state index contributed by atoms with van der Waals surface area (Å²) in [5.41, 5.74) is 3.34. The Kier molecular flexibility index (Phi) is 5.29. The normalized spacial score (nSPS) is 15.4. The Morgan fingerprint density at radius 3 is 2.89 bits per heavy atom. The fourth-order valence-electron chi connectivity index (χ4n) is 3.20. The van der Waals surface area contributed by atoms with E-state index in [1.165, 1.54) is 5.56 Å². The molecule has 0 unspecified atom stereocenters. The predicted octanol–water partition coefficient (Wildman–Crippen LogP) is 3.82. The van der Waals surface area contributed by atoms with Crippen LogP contribution in [0.1, 0.15) is 30.8 Å². The van der Waals surface area contributed by atoms with Crippen molar-refractivity contribution < 1.29 is 9.47 Å². The van der Waals surface area contributed by atoms with E-state index in [2.05, 4.69) is 34.6 Å². The lowest BCUT2D eigenvalue weighted by Gasteiger charge is -2.12. The molecule has 3 aromatic rings. The highest BCUT2D eigenvalue weighted by Gasteiger charge is 2.22. The number of tetrazole rings is 1. The van der Waals surface area contributed by atoms with Crippen LogP contribution in [0.4, 0.5) is 0 Å². The standard InChI is InChI=1S/C20H22N4O2S/c1-3-25-18-10-15-9-14(2)26-19(15)11-16(18)12-27-13-20-21-22-23-24(20)17-7-5-4-6-8-17/h4-8,10-11,14H,3,9,12-13H2,1-2H3/t14-/m0/s1. The largest absolute Gasteiger partial charge is 0.494 e. The molecule has 0 fully saturated rings. The summed E-state index contributed by atoms with van der Waals surface area (Å²) in [5, 5.41) is 12.1. The molecule has 27 heavy (non-hydrogen) atoms. The zero-order valence-electron chi connectivity index (χ0n) is 15.5. The van der Waals surface area contributed by atoms with Gasteiger partial charge in [0, 0.05) is 23.3 Å². The average molecular weight is 382 g/mol. The first-order valence-corrected chi connectivity index (χ1v) is 10.3. The first-order chi connectivity index (χ1) is 13.2. The molecule has 2 heterocycles. The molecule has 0 radical (unpaired) electrons. The molecule has 2 aromatic carbocycles. The molecule has 1 aliphatic heterocycles. The summed E-state index contributed by atoms with van der Waals surface area (Å²) in [4.78, 5) is 0. The summed E-state index contributed by atoms with van der Waals surface area (Å²) < 4.78 is 13.6. The van der Waals surface area contributed by atoms with Crippen molar-refractivity contribution in [1.29, 1.82) is 0 Å². The van der Waals surface area contributed by atoms with Gasteiger partial charge in [0.15, 0.2) is 5.82 Å². The van der Waals surface area contributed by atoms with E-state index in [-0.39, 0.29) is 6.10 Å². The molecule has 0 saturated carbocycles. The number of hydrogen-bond donors (Lipinski definition) is 0. The fourth-order valence-corrected chi connectivity index (χ4v) is 4.11. The zero-order valence-corrected chi connectivity index (χ0v) is 16.3. The van der Waals surface area contributed by atoms with Crippen LogP contribution in [-0.4, -0.2) is 32.9 Å². The quantitative estimate of drug-likeness (QED) is 0.619. The Balaban J connectivity index is 1.47. The minimum absolute atomic E-state index is 0.230. The number of benzene rings is 2. The zero-order chi connectivity index (χ0) is 18.6. The van der Waals surface area contributed by atoms with Crippen LogP contribution in [0.5, 0.6) is 11.5 Å². The van der Waals surface area contributed by atoms with Crippen molar-refractivity contribution in [2.24, 2.45) is 0 Å². The Bertz CT molecular complexity index is 914. The van der Waals surface area contributed by atoms with Crippen molar-refractivity contribution in [2.75, 3.05) is 6.61 Å². The molecular weight excluding hydrogens is 360 g/mol. The Morgan fingerprint density at radius 1 is 1.22 bits per heavy atom. The maximum atomic E-state index is 5.91. The number of ether oxygens (including phenoxy) is 2.